The summed E-state index contributed by atoms with van der Waals surface area (Å²) < 4.78 is 27.0. The number of benzene rings is 2. The monoisotopic (exact) mass is 411 g/mol. The Morgan fingerprint density at radius 2 is 1.70 bits per heavy atom. The summed E-state index contributed by atoms with van der Waals surface area (Å²) in [7, 11) is 4.62. The van der Waals surface area contributed by atoms with E-state index < -0.39 is 0 Å². The predicted molar refractivity (Wildman–Crippen MR) is 112 cm³/mol. The average Bonchev–Trinajstić information content (AvgIpc) is 3.25. The topological polar surface area (TPSA) is 66.5 Å². The van der Waals surface area contributed by atoms with Crippen LogP contribution in [0, 0.1) is 0 Å². The van der Waals surface area contributed by atoms with Crippen LogP contribution >= 0.6 is 0 Å². The molecule has 4 rings (SSSR count). The Morgan fingerprint density at radius 3 is 2.40 bits per heavy atom. The number of hydrogen-bond donors (Lipinski definition) is 0. The fourth-order valence-electron chi connectivity index (χ4n) is 3.79. The highest BCUT2D eigenvalue weighted by atomic mass is 16.7. The number of carbonyl (C=O) groups excluding carboxylic acids is 1. The third kappa shape index (κ3) is 3.75. The molecule has 0 unspecified atom stereocenters. The lowest BCUT2D eigenvalue weighted by Gasteiger charge is -2.30. The Hall–Kier alpha value is -3.35. The summed E-state index contributed by atoms with van der Waals surface area (Å²) in [6, 6.07) is 9.18. The van der Waals surface area contributed by atoms with Crippen LogP contribution in [-0.4, -0.2) is 45.5 Å². The Kier molecular flexibility index (Phi) is 5.70. The molecule has 2 aliphatic rings. The zero-order valence-corrected chi connectivity index (χ0v) is 17.4. The maximum Gasteiger partial charge on any atom is 0.258 e. The van der Waals surface area contributed by atoms with Gasteiger partial charge in [-0.3, -0.25) is 4.79 Å². The van der Waals surface area contributed by atoms with Crippen LogP contribution in [0.1, 0.15) is 35.2 Å². The fraction of sp³-hybridized carbons (Fsp3) is 0.348. The van der Waals surface area contributed by atoms with Crippen molar-refractivity contribution in [2.45, 2.75) is 19.3 Å². The summed E-state index contributed by atoms with van der Waals surface area (Å²) in [6.07, 6.45) is 4.85. The number of likely N-dealkylation sites (tertiary alicyclic amines) is 1. The van der Waals surface area contributed by atoms with Crippen molar-refractivity contribution in [2.24, 2.45) is 0 Å². The van der Waals surface area contributed by atoms with E-state index in [2.05, 4.69) is 0 Å². The van der Waals surface area contributed by atoms with E-state index in [-0.39, 0.29) is 12.7 Å². The van der Waals surface area contributed by atoms with Gasteiger partial charge in [0.15, 0.2) is 23.0 Å². The van der Waals surface area contributed by atoms with Crippen LogP contribution < -0.4 is 23.7 Å². The zero-order chi connectivity index (χ0) is 21.1. The fourth-order valence-corrected chi connectivity index (χ4v) is 3.79. The number of methoxy groups -OCH3 is 3. The molecule has 30 heavy (non-hydrogen) atoms. The van der Waals surface area contributed by atoms with E-state index in [4.69, 9.17) is 23.7 Å². The molecule has 0 aliphatic carbocycles. The minimum Gasteiger partial charge on any atom is -0.493 e. The number of hydrogen-bond acceptors (Lipinski definition) is 6. The molecule has 0 spiro atoms. The van der Waals surface area contributed by atoms with E-state index in [1.807, 2.05) is 29.2 Å². The maximum atomic E-state index is 13.4. The molecule has 0 bridgehead atoms. The summed E-state index contributed by atoms with van der Waals surface area (Å²) >= 11 is 0. The van der Waals surface area contributed by atoms with E-state index in [1.54, 1.807) is 19.2 Å². The Morgan fingerprint density at radius 1 is 0.967 bits per heavy atom. The molecule has 2 aromatic carbocycles. The van der Waals surface area contributed by atoms with Crippen molar-refractivity contribution < 1.29 is 28.5 Å². The molecule has 0 radical (unpaired) electrons. The third-order valence-electron chi connectivity index (χ3n) is 5.30. The van der Waals surface area contributed by atoms with Gasteiger partial charge >= 0.3 is 0 Å². The lowest BCUT2D eigenvalue weighted by molar-refractivity contribution is 0.0783. The van der Waals surface area contributed by atoms with Gasteiger partial charge in [-0.1, -0.05) is 6.07 Å². The van der Waals surface area contributed by atoms with Gasteiger partial charge in [0.1, 0.15) is 0 Å². The number of rotatable bonds is 5. The van der Waals surface area contributed by atoms with Gasteiger partial charge in [0.2, 0.25) is 12.5 Å². The smallest absolute Gasteiger partial charge is 0.258 e. The molecule has 7 nitrogen and oxygen atoms in total. The van der Waals surface area contributed by atoms with E-state index in [1.165, 1.54) is 14.2 Å². The first-order chi connectivity index (χ1) is 14.6. The third-order valence-corrected chi connectivity index (χ3v) is 5.30. The average molecular weight is 411 g/mol. The van der Waals surface area contributed by atoms with Crippen LogP contribution in [0.2, 0.25) is 0 Å². The summed E-state index contributed by atoms with van der Waals surface area (Å²) in [5.74, 6) is 2.75. The van der Waals surface area contributed by atoms with Crippen LogP contribution in [0.3, 0.4) is 0 Å². The number of allylic oxidation sites excluding steroid dienone is 1. The number of carbonyl (C=O) groups is 1. The molecule has 1 amide bonds. The minimum absolute atomic E-state index is 0.0963. The number of nitrogens with zero attached hydrogens (tertiary/aromatic N) is 1. The van der Waals surface area contributed by atoms with E-state index in [0.29, 0.717) is 29.4 Å². The van der Waals surface area contributed by atoms with Gasteiger partial charge in [-0.2, -0.15) is 0 Å². The molecule has 7 heteroatoms. The molecular formula is C23H25NO6. The normalized spacial score (nSPS) is 16.5. The molecule has 158 valence electrons. The van der Waals surface area contributed by atoms with Crippen molar-refractivity contribution in [2.75, 3.05) is 34.7 Å². The maximum absolute atomic E-state index is 13.4. The van der Waals surface area contributed by atoms with Crippen molar-refractivity contribution in [3.63, 3.8) is 0 Å². The minimum atomic E-state index is -0.0963. The highest BCUT2D eigenvalue weighted by Crippen LogP contribution is 2.39. The largest absolute Gasteiger partial charge is 0.493 e. The molecule has 0 saturated carbocycles. The van der Waals surface area contributed by atoms with Gasteiger partial charge in [0, 0.05) is 17.8 Å². The van der Waals surface area contributed by atoms with Crippen molar-refractivity contribution in [1.82, 2.24) is 4.90 Å². The SMILES string of the molecule is COc1cc(C(=O)N2CCCC/C2=C\c2ccc3c(c2)OCO3)cc(OC)c1OC. The lowest BCUT2D eigenvalue weighted by atomic mass is 10.0. The van der Waals surface area contributed by atoms with E-state index >= 15 is 0 Å². The van der Waals surface area contributed by atoms with Crippen molar-refractivity contribution in [3.8, 4) is 28.7 Å². The number of amides is 1. The summed E-state index contributed by atoms with van der Waals surface area (Å²) in [6.45, 7) is 0.896. The number of piperidine rings is 1. The van der Waals surface area contributed by atoms with Gasteiger partial charge in [-0.15, -0.1) is 0 Å². The van der Waals surface area contributed by atoms with Crippen molar-refractivity contribution in [1.29, 1.82) is 0 Å². The second-order valence-electron chi connectivity index (χ2n) is 7.08. The number of ether oxygens (including phenoxy) is 5. The second kappa shape index (κ2) is 8.57. The molecule has 2 aliphatic heterocycles. The van der Waals surface area contributed by atoms with Crippen molar-refractivity contribution in [3.05, 3.63) is 47.2 Å². The van der Waals surface area contributed by atoms with Crippen LogP contribution in [0.4, 0.5) is 0 Å². The summed E-state index contributed by atoms with van der Waals surface area (Å²) in [5.41, 5.74) is 2.43. The summed E-state index contributed by atoms with van der Waals surface area (Å²) in [4.78, 5) is 15.2. The molecule has 2 aromatic rings. The molecule has 0 aromatic heterocycles. The van der Waals surface area contributed by atoms with Gasteiger partial charge < -0.3 is 28.6 Å². The molecule has 1 saturated heterocycles. The Balaban J connectivity index is 1.67. The standard InChI is InChI=1S/C23H25NO6/c1-26-20-12-16(13-21(27-2)22(20)28-3)23(25)24-9-5-4-6-17(24)10-15-7-8-18-19(11-15)30-14-29-18/h7-8,10-13H,4-6,9,14H2,1-3H3/b17-10+. The molecule has 1 fully saturated rings. The van der Waals surface area contributed by atoms with E-state index in [9.17, 15) is 4.79 Å². The predicted octanol–water partition coefficient (Wildman–Crippen LogP) is 4.11. The molecule has 2 heterocycles. The van der Waals surface area contributed by atoms with Crippen molar-refractivity contribution >= 4 is 12.0 Å². The van der Waals surface area contributed by atoms with Crippen LogP contribution in [0.15, 0.2) is 36.0 Å². The van der Waals surface area contributed by atoms with Gasteiger partial charge in [-0.05, 0) is 55.2 Å². The quantitative estimate of drug-likeness (QED) is 0.738. The Labute approximate surface area is 175 Å². The first-order valence-electron chi connectivity index (χ1n) is 9.86. The summed E-state index contributed by atoms with van der Waals surface area (Å²) in [5, 5.41) is 0. The Bertz CT molecular complexity index is 959. The van der Waals surface area contributed by atoms with E-state index in [0.717, 1.165) is 42.0 Å². The van der Waals surface area contributed by atoms with Gasteiger partial charge in [0.05, 0.1) is 21.3 Å². The second-order valence-corrected chi connectivity index (χ2v) is 7.08. The molecular weight excluding hydrogens is 386 g/mol. The first-order valence-corrected chi connectivity index (χ1v) is 9.86. The van der Waals surface area contributed by atoms with Gasteiger partial charge in [0.25, 0.3) is 5.91 Å². The molecule has 0 atom stereocenters. The first kappa shape index (κ1) is 19.9. The molecule has 0 N–H and O–H groups in total. The highest BCUT2D eigenvalue weighted by Gasteiger charge is 2.25. The zero-order valence-electron chi connectivity index (χ0n) is 17.4. The lowest BCUT2D eigenvalue weighted by Crippen LogP contribution is -2.34. The van der Waals surface area contributed by atoms with Gasteiger partial charge in [-0.25, -0.2) is 0 Å². The van der Waals surface area contributed by atoms with Crippen LogP contribution in [0.5, 0.6) is 28.7 Å². The van der Waals surface area contributed by atoms with Crippen LogP contribution in [0.25, 0.3) is 6.08 Å². The highest BCUT2D eigenvalue weighted by molar-refractivity contribution is 5.97. The van der Waals surface area contributed by atoms with Crippen LogP contribution in [-0.2, 0) is 0 Å². The number of fused-ring (bicyclic) bond motifs is 1.